The van der Waals surface area contributed by atoms with Crippen molar-refractivity contribution in [3.05, 3.63) is 29.8 Å². The maximum absolute atomic E-state index is 12.7. The van der Waals surface area contributed by atoms with E-state index in [-0.39, 0.29) is 5.92 Å². The highest BCUT2D eigenvalue weighted by Gasteiger charge is 2.33. The van der Waals surface area contributed by atoms with Gasteiger partial charge >= 0.3 is 0 Å². The van der Waals surface area contributed by atoms with Crippen molar-refractivity contribution in [2.45, 2.75) is 29.7 Å². The van der Waals surface area contributed by atoms with Gasteiger partial charge in [-0.3, -0.25) is 4.79 Å². The van der Waals surface area contributed by atoms with E-state index in [0.29, 0.717) is 11.9 Å². The molecule has 4 heteroatoms. The second-order valence-corrected chi connectivity index (χ2v) is 6.38. The molecule has 1 fully saturated rings. The Labute approximate surface area is 118 Å². The van der Waals surface area contributed by atoms with Crippen LogP contribution >= 0.6 is 11.8 Å². The summed E-state index contributed by atoms with van der Waals surface area (Å²) in [5.41, 5.74) is 1.23. The summed E-state index contributed by atoms with van der Waals surface area (Å²) in [6.45, 7) is 1.78. The van der Waals surface area contributed by atoms with Crippen molar-refractivity contribution in [1.82, 2.24) is 10.2 Å². The molecule has 0 radical (unpaired) electrons. The van der Waals surface area contributed by atoms with Gasteiger partial charge in [0.2, 0.25) is 5.91 Å². The van der Waals surface area contributed by atoms with Gasteiger partial charge < -0.3 is 10.2 Å². The lowest BCUT2D eigenvalue weighted by Gasteiger charge is -2.34. The standard InChI is InChI=1S/C15H20N2OS/c1-16-11-5-4-8-17(9-11)15(18)13-10-19-14-7-3-2-6-12(13)14/h2-3,6-7,11,13,16H,4-5,8-10H2,1H3/t11-,13-/m1/s1. The first-order chi connectivity index (χ1) is 9.29. The molecule has 2 atom stereocenters. The van der Waals surface area contributed by atoms with E-state index in [0.717, 1.165) is 25.3 Å². The van der Waals surface area contributed by atoms with Crippen molar-refractivity contribution < 1.29 is 4.79 Å². The number of amides is 1. The molecule has 0 saturated carbocycles. The molecule has 1 amide bonds. The van der Waals surface area contributed by atoms with Gasteiger partial charge in [0.1, 0.15) is 0 Å². The van der Waals surface area contributed by atoms with Gasteiger partial charge in [0, 0.05) is 29.8 Å². The van der Waals surface area contributed by atoms with Crippen molar-refractivity contribution in [2.24, 2.45) is 0 Å². The van der Waals surface area contributed by atoms with E-state index in [2.05, 4.69) is 28.4 Å². The van der Waals surface area contributed by atoms with Gasteiger partial charge in [-0.05, 0) is 31.5 Å². The Morgan fingerprint density at radius 2 is 2.26 bits per heavy atom. The Bertz CT molecular complexity index is 477. The second kappa shape index (κ2) is 5.55. The molecule has 0 aromatic heterocycles. The lowest BCUT2D eigenvalue weighted by atomic mass is 9.97. The minimum absolute atomic E-state index is 0.0665. The third-order valence-corrected chi connectivity index (χ3v) is 5.32. The molecule has 2 aliphatic rings. The number of hydrogen-bond donors (Lipinski definition) is 1. The van der Waals surface area contributed by atoms with Crippen LogP contribution in [0, 0.1) is 0 Å². The Kier molecular flexibility index (Phi) is 3.80. The number of piperidine rings is 1. The summed E-state index contributed by atoms with van der Waals surface area (Å²) in [7, 11) is 1.99. The number of benzene rings is 1. The molecule has 3 rings (SSSR count). The highest BCUT2D eigenvalue weighted by atomic mass is 32.2. The summed E-state index contributed by atoms with van der Waals surface area (Å²) in [5, 5.41) is 3.30. The van der Waals surface area contributed by atoms with Crippen LogP contribution in [0.5, 0.6) is 0 Å². The zero-order valence-corrected chi connectivity index (χ0v) is 12.1. The van der Waals surface area contributed by atoms with E-state index >= 15 is 0 Å². The van der Waals surface area contributed by atoms with Gasteiger partial charge in [0.15, 0.2) is 0 Å². The molecule has 0 aliphatic carbocycles. The molecule has 19 heavy (non-hydrogen) atoms. The third kappa shape index (κ3) is 2.51. The van der Waals surface area contributed by atoms with Crippen LogP contribution in [0.4, 0.5) is 0 Å². The molecule has 2 aliphatic heterocycles. The number of fused-ring (bicyclic) bond motifs is 1. The number of carbonyl (C=O) groups excluding carboxylic acids is 1. The molecule has 1 N–H and O–H groups in total. The normalized spacial score (nSPS) is 26.3. The van der Waals surface area contributed by atoms with Crippen molar-refractivity contribution in [3.63, 3.8) is 0 Å². The lowest BCUT2D eigenvalue weighted by Crippen LogP contribution is -2.48. The fourth-order valence-corrected chi connectivity index (χ4v) is 4.22. The number of likely N-dealkylation sites (tertiary alicyclic amines) is 1. The average Bonchev–Trinajstić information content (AvgIpc) is 2.90. The van der Waals surface area contributed by atoms with Crippen LogP contribution in [-0.2, 0) is 4.79 Å². The molecule has 102 valence electrons. The minimum atomic E-state index is 0.0665. The van der Waals surface area contributed by atoms with Crippen LogP contribution in [-0.4, -0.2) is 42.7 Å². The molecule has 2 heterocycles. The highest BCUT2D eigenvalue weighted by Crippen LogP contribution is 2.40. The van der Waals surface area contributed by atoms with Crippen molar-refractivity contribution >= 4 is 17.7 Å². The topological polar surface area (TPSA) is 32.3 Å². The van der Waals surface area contributed by atoms with Crippen molar-refractivity contribution in [3.8, 4) is 0 Å². The molecule has 1 aromatic carbocycles. The monoisotopic (exact) mass is 276 g/mol. The minimum Gasteiger partial charge on any atom is -0.341 e. The first kappa shape index (κ1) is 13.0. The largest absolute Gasteiger partial charge is 0.341 e. The molecule has 0 spiro atoms. The smallest absolute Gasteiger partial charge is 0.231 e. The molecule has 0 bridgehead atoms. The third-order valence-electron chi connectivity index (χ3n) is 4.14. The zero-order valence-electron chi connectivity index (χ0n) is 11.3. The van der Waals surface area contributed by atoms with E-state index in [9.17, 15) is 4.79 Å². The SMILES string of the molecule is CN[C@@H]1CCCN(C(=O)[C@@H]2CSc3ccccc32)C1. The molecule has 1 aromatic rings. The van der Waals surface area contributed by atoms with E-state index in [4.69, 9.17) is 0 Å². The van der Waals surface area contributed by atoms with E-state index in [1.54, 1.807) is 0 Å². The fraction of sp³-hybridized carbons (Fsp3) is 0.533. The number of hydrogen-bond acceptors (Lipinski definition) is 3. The van der Waals surface area contributed by atoms with Gasteiger partial charge in [0.25, 0.3) is 0 Å². The van der Waals surface area contributed by atoms with Crippen LogP contribution in [0.1, 0.15) is 24.3 Å². The Morgan fingerprint density at radius 3 is 3.11 bits per heavy atom. The molecule has 0 unspecified atom stereocenters. The van der Waals surface area contributed by atoms with Crippen LogP contribution in [0.25, 0.3) is 0 Å². The van der Waals surface area contributed by atoms with Crippen LogP contribution in [0.3, 0.4) is 0 Å². The highest BCUT2D eigenvalue weighted by molar-refractivity contribution is 7.99. The van der Waals surface area contributed by atoms with Crippen LogP contribution in [0.15, 0.2) is 29.2 Å². The van der Waals surface area contributed by atoms with Crippen molar-refractivity contribution in [1.29, 1.82) is 0 Å². The zero-order chi connectivity index (χ0) is 13.2. The molecule has 1 saturated heterocycles. The predicted octanol–water partition coefficient (Wildman–Crippen LogP) is 2.09. The fourth-order valence-electron chi connectivity index (χ4n) is 3.00. The first-order valence-corrected chi connectivity index (χ1v) is 7.96. The van der Waals surface area contributed by atoms with Crippen LogP contribution in [0.2, 0.25) is 0 Å². The maximum Gasteiger partial charge on any atom is 0.231 e. The molecular formula is C15H20N2OS. The summed E-state index contributed by atoms with van der Waals surface area (Å²) in [4.78, 5) is 16.0. The first-order valence-electron chi connectivity index (χ1n) is 6.97. The number of likely N-dealkylation sites (N-methyl/N-ethyl adjacent to an activating group) is 1. The summed E-state index contributed by atoms with van der Waals surface area (Å²) >= 11 is 1.81. The summed E-state index contributed by atoms with van der Waals surface area (Å²) in [6.07, 6.45) is 2.29. The molecule has 3 nitrogen and oxygen atoms in total. The van der Waals surface area contributed by atoms with E-state index < -0.39 is 0 Å². The summed E-state index contributed by atoms with van der Waals surface area (Å²) in [6, 6.07) is 8.79. The number of thioether (sulfide) groups is 1. The summed E-state index contributed by atoms with van der Waals surface area (Å²) in [5.74, 6) is 1.29. The Morgan fingerprint density at radius 1 is 1.42 bits per heavy atom. The van der Waals surface area contributed by atoms with Gasteiger partial charge in [-0.15, -0.1) is 11.8 Å². The van der Waals surface area contributed by atoms with Gasteiger partial charge in [0.05, 0.1) is 5.92 Å². The van der Waals surface area contributed by atoms with Gasteiger partial charge in [-0.25, -0.2) is 0 Å². The number of carbonyl (C=O) groups is 1. The Hall–Kier alpha value is -1.00. The maximum atomic E-state index is 12.7. The van der Waals surface area contributed by atoms with E-state index in [1.165, 1.54) is 16.9 Å². The van der Waals surface area contributed by atoms with E-state index in [1.807, 2.05) is 24.9 Å². The number of rotatable bonds is 2. The predicted molar refractivity (Wildman–Crippen MR) is 78.6 cm³/mol. The van der Waals surface area contributed by atoms with Gasteiger partial charge in [-0.1, -0.05) is 18.2 Å². The average molecular weight is 276 g/mol. The van der Waals surface area contributed by atoms with Crippen LogP contribution < -0.4 is 5.32 Å². The number of nitrogens with zero attached hydrogens (tertiary/aromatic N) is 1. The molecular weight excluding hydrogens is 256 g/mol. The van der Waals surface area contributed by atoms with Crippen molar-refractivity contribution in [2.75, 3.05) is 25.9 Å². The number of nitrogens with one attached hydrogen (secondary N) is 1. The quantitative estimate of drug-likeness (QED) is 0.897. The van der Waals surface area contributed by atoms with Gasteiger partial charge in [-0.2, -0.15) is 0 Å². The summed E-state index contributed by atoms with van der Waals surface area (Å²) < 4.78 is 0. The Balaban J connectivity index is 1.75. The second-order valence-electron chi connectivity index (χ2n) is 5.31. The lowest BCUT2D eigenvalue weighted by molar-refractivity contribution is -0.133.